The van der Waals surface area contributed by atoms with E-state index in [1.807, 2.05) is 0 Å². The van der Waals surface area contributed by atoms with Crippen LogP contribution in [0.15, 0.2) is 18.2 Å². The number of rotatable bonds is 4. The van der Waals surface area contributed by atoms with Crippen molar-refractivity contribution in [2.75, 3.05) is 26.7 Å². The second-order valence-corrected chi connectivity index (χ2v) is 5.81. The van der Waals surface area contributed by atoms with Crippen LogP contribution in [-0.2, 0) is 24.2 Å². The van der Waals surface area contributed by atoms with Crippen LogP contribution in [0.25, 0.3) is 0 Å². The molecule has 2 heterocycles. The van der Waals surface area contributed by atoms with Crippen LogP contribution >= 0.6 is 0 Å². The van der Waals surface area contributed by atoms with Gasteiger partial charge in [-0.15, -0.1) is 0 Å². The topological polar surface area (TPSA) is 24.5 Å². The highest BCUT2D eigenvalue weighted by Gasteiger charge is 2.19. The highest BCUT2D eigenvalue weighted by atomic mass is 16.5. The monoisotopic (exact) mass is 260 g/mol. The van der Waals surface area contributed by atoms with Crippen LogP contribution in [0.4, 0.5) is 0 Å². The minimum absolute atomic E-state index is 0.450. The van der Waals surface area contributed by atoms with Crippen LogP contribution in [0.3, 0.4) is 0 Å². The molecular formula is C16H24N2O. The molecule has 3 rings (SSSR count). The van der Waals surface area contributed by atoms with Crippen molar-refractivity contribution < 1.29 is 4.74 Å². The van der Waals surface area contributed by atoms with Gasteiger partial charge >= 0.3 is 0 Å². The fraction of sp³-hybridized carbons (Fsp3) is 0.625. The molecule has 3 heteroatoms. The van der Waals surface area contributed by atoms with Crippen molar-refractivity contribution in [2.45, 2.75) is 38.5 Å². The number of benzene rings is 1. The Morgan fingerprint density at radius 2 is 2.37 bits per heavy atom. The Morgan fingerprint density at radius 3 is 3.21 bits per heavy atom. The van der Waals surface area contributed by atoms with Gasteiger partial charge in [-0.1, -0.05) is 18.2 Å². The molecular weight excluding hydrogens is 236 g/mol. The Labute approximate surface area is 115 Å². The molecule has 1 aromatic carbocycles. The average Bonchev–Trinajstić information content (AvgIpc) is 2.92. The molecule has 1 N–H and O–H groups in total. The molecule has 1 saturated heterocycles. The van der Waals surface area contributed by atoms with E-state index in [1.165, 1.54) is 30.4 Å². The Kier molecular flexibility index (Phi) is 4.16. The van der Waals surface area contributed by atoms with Gasteiger partial charge in [0.2, 0.25) is 0 Å². The largest absolute Gasteiger partial charge is 0.377 e. The lowest BCUT2D eigenvalue weighted by Gasteiger charge is -2.25. The summed E-state index contributed by atoms with van der Waals surface area (Å²) in [5, 5.41) is 3.45. The molecule has 3 nitrogen and oxygen atoms in total. The van der Waals surface area contributed by atoms with Crippen LogP contribution in [0.5, 0.6) is 0 Å². The van der Waals surface area contributed by atoms with Crippen molar-refractivity contribution in [1.29, 1.82) is 0 Å². The van der Waals surface area contributed by atoms with Crippen molar-refractivity contribution in [3.63, 3.8) is 0 Å². The molecule has 0 aromatic heterocycles. The first-order chi connectivity index (χ1) is 9.33. The molecule has 0 bridgehead atoms. The molecule has 2 aliphatic rings. The van der Waals surface area contributed by atoms with Crippen LogP contribution in [-0.4, -0.2) is 37.7 Å². The number of hydrogen-bond acceptors (Lipinski definition) is 3. The van der Waals surface area contributed by atoms with E-state index in [2.05, 4.69) is 35.5 Å². The highest BCUT2D eigenvalue weighted by Crippen LogP contribution is 2.20. The summed E-state index contributed by atoms with van der Waals surface area (Å²) in [6, 6.07) is 6.74. The zero-order chi connectivity index (χ0) is 13.1. The lowest BCUT2D eigenvalue weighted by atomic mass is 9.95. The standard InChI is InChI=1S/C16H24N2O/c1-18(12-15-6-3-9-19-15)11-14-5-2-4-13-10-17-8-7-16(13)14/h2,4-5,15,17H,3,6-12H2,1H3. The predicted octanol–water partition coefficient (Wildman–Crippen LogP) is 1.94. The van der Waals surface area contributed by atoms with Crippen molar-refractivity contribution in [1.82, 2.24) is 10.2 Å². The van der Waals surface area contributed by atoms with Gasteiger partial charge in [-0.3, -0.25) is 4.90 Å². The maximum absolute atomic E-state index is 5.72. The summed E-state index contributed by atoms with van der Waals surface area (Å²) in [7, 11) is 2.21. The molecule has 19 heavy (non-hydrogen) atoms. The molecule has 2 aliphatic heterocycles. The molecule has 0 spiro atoms. The fourth-order valence-electron chi connectivity index (χ4n) is 3.25. The van der Waals surface area contributed by atoms with Crippen molar-refractivity contribution >= 4 is 0 Å². The van der Waals surface area contributed by atoms with E-state index in [-0.39, 0.29) is 0 Å². The van der Waals surface area contributed by atoms with Gasteiger partial charge < -0.3 is 10.1 Å². The smallest absolute Gasteiger partial charge is 0.0702 e. The highest BCUT2D eigenvalue weighted by molar-refractivity contribution is 5.36. The summed E-state index contributed by atoms with van der Waals surface area (Å²) in [6.45, 7) is 5.19. The molecule has 0 saturated carbocycles. The number of fused-ring (bicyclic) bond motifs is 1. The minimum Gasteiger partial charge on any atom is -0.377 e. The summed E-state index contributed by atoms with van der Waals surface area (Å²) in [5.74, 6) is 0. The number of hydrogen-bond donors (Lipinski definition) is 1. The van der Waals surface area contributed by atoms with E-state index in [1.54, 1.807) is 5.56 Å². The molecule has 1 fully saturated rings. The second-order valence-electron chi connectivity index (χ2n) is 5.81. The van der Waals surface area contributed by atoms with Gasteiger partial charge in [0.25, 0.3) is 0 Å². The first-order valence-electron chi connectivity index (χ1n) is 7.43. The Morgan fingerprint density at radius 1 is 1.42 bits per heavy atom. The van der Waals surface area contributed by atoms with E-state index in [4.69, 9.17) is 4.74 Å². The van der Waals surface area contributed by atoms with Crippen LogP contribution in [0.2, 0.25) is 0 Å². The van der Waals surface area contributed by atoms with Gasteiger partial charge in [0, 0.05) is 26.2 Å². The first-order valence-corrected chi connectivity index (χ1v) is 7.43. The van der Waals surface area contributed by atoms with Gasteiger partial charge in [0.15, 0.2) is 0 Å². The van der Waals surface area contributed by atoms with Gasteiger partial charge in [-0.05, 0) is 49.5 Å². The minimum atomic E-state index is 0.450. The van der Waals surface area contributed by atoms with Gasteiger partial charge in [-0.25, -0.2) is 0 Å². The molecule has 0 aliphatic carbocycles. The van der Waals surface area contributed by atoms with Crippen molar-refractivity contribution in [2.24, 2.45) is 0 Å². The fourth-order valence-corrected chi connectivity index (χ4v) is 3.25. The van der Waals surface area contributed by atoms with E-state index < -0.39 is 0 Å². The average molecular weight is 260 g/mol. The number of nitrogens with zero attached hydrogens (tertiary/aromatic N) is 1. The van der Waals surface area contributed by atoms with Crippen LogP contribution < -0.4 is 5.32 Å². The summed E-state index contributed by atoms with van der Waals surface area (Å²) in [6.07, 6.45) is 4.07. The zero-order valence-electron chi connectivity index (χ0n) is 11.8. The maximum Gasteiger partial charge on any atom is 0.0702 e. The molecule has 1 unspecified atom stereocenters. The van der Waals surface area contributed by atoms with Crippen molar-refractivity contribution in [3.8, 4) is 0 Å². The molecule has 0 amide bonds. The summed E-state index contributed by atoms with van der Waals surface area (Å²) >= 11 is 0. The second kappa shape index (κ2) is 6.04. The number of likely N-dealkylation sites (N-methyl/N-ethyl adjacent to an activating group) is 1. The Balaban J connectivity index is 1.65. The maximum atomic E-state index is 5.72. The SMILES string of the molecule is CN(Cc1cccc2c1CCNC2)CC1CCCO1. The molecule has 104 valence electrons. The van der Waals surface area contributed by atoms with E-state index >= 15 is 0 Å². The molecule has 1 atom stereocenters. The van der Waals surface area contributed by atoms with Gasteiger partial charge in [0.05, 0.1) is 6.10 Å². The first kappa shape index (κ1) is 13.1. The third-order valence-electron chi connectivity index (χ3n) is 4.22. The third-order valence-corrected chi connectivity index (χ3v) is 4.22. The number of nitrogens with one attached hydrogen (secondary N) is 1. The lowest BCUT2D eigenvalue weighted by molar-refractivity contribution is 0.0792. The summed E-state index contributed by atoms with van der Waals surface area (Å²) in [4.78, 5) is 2.41. The summed E-state index contributed by atoms with van der Waals surface area (Å²) in [5.41, 5.74) is 4.55. The summed E-state index contributed by atoms with van der Waals surface area (Å²) < 4.78 is 5.72. The predicted molar refractivity (Wildman–Crippen MR) is 77.2 cm³/mol. The van der Waals surface area contributed by atoms with Gasteiger partial charge in [-0.2, -0.15) is 0 Å². The van der Waals surface area contributed by atoms with E-state index in [0.717, 1.165) is 32.8 Å². The van der Waals surface area contributed by atoms with Crippen LogP contribution in [0, 0.1) is 0 Å². The zero-order valence-corrected chi connectivity index (χ0v) is 11.8. The van der Waals surface area contributed by atoms with E-state index in [0.29, 0.717) is 6.10 Å². The Hall–Kier alpha value is -0.900. The number of ether oxygens (including phenoxy) is 1. The Bertz CT molecular complexity index is 427. The quantitative estimate of drug-likeness (QED) is 0.895. The van der Waals surface area contributed by atoms with Crippen molar-refractivity contribution in [3.05, 3.63) is 34.9 Å². The normalized spacial score (nSPS) is 22.7. The lowest BCUT2D eigenvalue weighted by Crippen LogP contribution is -2.30. The molecule has 0 radical (unpaired) electrons. The molecule has 1 aromatic rings. The third kappa shape index (κ3) is 3.16. The van der Waals surface area contributed by atoms with Gasteiger partial charge in [0.1, 0.15) is 0 Å². The van der Waals surface area contributed by atoms with E-state index in [9.17, 15) is 0 Å². The van der Waals surface area contributed by atoms with Crippen LogP contribution in [0.1, 0.15) is 29.5 Å².